The largest absolute Gasteiger partial charge is 0.507 e. The topological polar surface area (TPSA) is 88.4 Å². The van der Waals surface area contributed by atoms with E-state index in [-0.39, 0.29) is 5.75 Å². The summed E-state index contributed by atoms with van der Waals surface area (Å²) >= 11 is 15.9. The van der Waals surface area contributed by atoms with Crippen molar-refractivity contribution in [3.63, 3.8) is 0 Å². The number of carbonyl (C=O) groups is 1. The van der Waals surface area contributed by atoms with Gasteiger partial charge in [-0.2, -0.15) is 10.2 Å². The minimum atomic E-state index is -0.882. The highest BCUT2D eigenvalue weighted by Crippen LogP contribution is 2.42. The Morgan fingerprint density at radius 3 is 2.70 bits per heavy atom. The summed E-state index contributed by atoms with van der Waals surface area (Å²) < 4.78 is 0.497. The maximum atomic E-state index is 12.7. The third kappa shape index (κ3) is 5.06. The van der Waals surface area contributed by atoms with E-state index in [1.807, 2.05) is 13.8 Å². The van der Waals surface area contributed by atoms with Gasteiger partial charge < -0.3 is 10.4 Å². The van der Waals surface area contributed by atoms with Gasteiger partial charge in [0.2, 0.25) is 0 Å². The number of thiocarbonyl (C=S) groups is 1. The zero-order valence-electron chi connectivity index (χ0n) is 15.9. The molecule has 1 atom stereocenters. The van der Waals surface area contributed by atoms with Crippen molar-refractivity contribution in [2.75, 3.05) is 5.32 Å². The van der Waals surface area contributed by atoms with E-state index in [0.29, 0.717) is 25.7 Å². The molecule has 2 aromatic rings. The third-order valence-corrected chi connectivity index (χ3v) is 6.52. The lowest BCUT2D eigenvalue weighted by Crippen LogP contribution is -2.54. The summed E-state index contributed by atoms with van der Waals surface area (Å²) in [5, 5.41) is 30.2. The Balaban J connectivity index is 1.84. The maximum Gasteiger partial charge on any atom is 0.347 e. The molecule has 1 heterocycles. The molecule has 2 amide bonds. The van der Waals surface area contributed by atoms with Crippen LogP contribution in [0.3, 0.4) is 0 Å². The van der Waals surface area contributed by atoms with Crippen LogP contribution in [0.2, 0.25) is 5.02 Å². The number of hydroxylamine groups is 2. The van der Waals surface area contributed by atoms with Gasteiger partial charge in [-0.1, -0.05) is 51.5 Å². The summed E-state index contributed by atoms with van der Waals surface area (Å²) in [4.78, 5) is 12.7. The molecule has 0 saturated carbocycles. The smallest absolute Gasteiger partial charge is 0.347 e. The number of anilines is 1. The van der Waals surface area contributed by atoms with Gasteiger partial charge in [0.15, 0.2) is 10.5 Å². The summed E-state index contributed by atoms with van der Waals surface area (Å²) in [5.41, 5.74) is 0.930. The zero-order chi connectivity index (χ0) is 22.1. The molecule has 0 aliphatic carbocycles. The predicted molar refractivity (Wildman–Crippen MR) is 127 cm³/mol. The molecule has 158 valence electrons. The average Bonchev–Trinajstić information content (AvgIpc) is 2.91. The first-order valence-electron chi connectivity index (χ1n) is 8.68. The molecule has 30 heavy (non-hydrogen) atoms. The molecular weight excluding hydrogens is 512 g/mol. The molecule has 1 unspecified atom stereocenters. The first-order valence-corrected chi connectivity index (χ1v) is 11.1. The van der Waals surface area contributed by atoms with E-state index in [2.05, 4.69) is 26.3 Å². The highest BCUT2D eigenvalue weighted by Gasteiger charge is 2.50. The van der Waals surface area contributed by atoms with Crippen LogP contribution in [0.4, 0.5) is 10.5 Å². The van der Waals surface area contributed by atoms with Gasteiger partial charge in [-0.15, -0.1) is 0 Å². The number of hydrogen-bond acceptors (Lipinski definition) is 6. The Hall–Kier alpha value is -1.85. The summed E-state index contributed by atoms with van der Waals surface area (Å²) in [6.07, 6.45) is 0.541. The first-order chi connectivity index (χ1) is 14.1. The highest BCUT2D eigenvalue weighted by atomic mass is 79.9. The molecule has 1 fully saturated rings. The maximum absolute atomic E-state index is 12.7. The normalized spacial score (nSPS) is 18.1. The lowest BCUT2D eigenvalue weighted by atomic mass is 10.1. The molecule has 2 aromatic carbocycles. The van der Waals surface area contributed by atoms with Gasteiger partial charge in [-0.3, -0.25) is 5.21 Å². The van der Waals surface area contributed by atoms with Crippen LogP contribution in [-0.2, 0) is 0 Å². The number of nitrogens with one attached hydrogen (secondary N) is 1. The van der Waals surface area contributed by atoms with Gasteiger partial charge in [-0.25, -0.2) is 9.80 Å². The monoisotopic (exact) mass is 528 g/mol. The average molecular weight is 530 g/mol. The fourth-order valence-corrected chi connectivity index (χ4v) is 5.10. The molecule has 11 heteroatoms. The van der Waals surface area contributed by atoms with E-state index in [9.17, 15) is 15.1 Å². The Labute approximate surface area is 196 Å². The number of thioether (sulfide) groups is 1. The van der Waals surface area contributed by atoms with Crippen molar-refractivity contribution in [2.24, 2.45) is 5.10 Å². The Morgan fingerprint density at radius 1 is 1.37 bits per heavy atom. The number of hydrazone groups is 1. The van der Waals surface area contributed by atoms with Crippen molar-refractivity contribution in [1.29, 1.82) is 0 Å². The molecule has 0 spiro atoms. The standard InChI is InChI=1S/C19H18BrClN4O3S2/c1-19(2)16(25(28)17(27)23-14-6-4-13(21)5-7-14)24(18(29)30-19)22-10-11-9-12(20)3-8-15(11)26/h3-10,16,26,28H,1-2H3,(H,23,27)/b22-10+. The van der Waals surface area contributed by atoms with Gasteiger partial charge in [0.05, 0.1) is 11.0 Å². The van der Waals surface area contributed by atoms with Gasteiger partial charge in [0, 0.05) is 20.7 Å². The lowest BCUT2D eigenvalue weighted by Gasteiger charge is -2.34. The molecule has 1 saturated heterocycles. The molecule has 0 radical (unpaired) electrons. The number of nitrogens with zero attached hydrogens (tertiary/aromatic N) is 3. The third-order valence-electron chi connectivity index (χ3n) is 4.24. The van der Waals surface area contributed by atoms with Crippen LogP contribution < -0.4 is 5.32 Å². The van der Waals surface area contributed by atoms with Gasteiger partial charge >= 0.3 is 6.03 Å². The molecule has 3 N–H and O–H groups in total. The minimum absolute atomic E-state index is 0.0388. The number of benzene rings is 2. The molecule has 1 aliphatic heterocycles. The quantitative estimate of drug-likeness (QED) is 0.210. The summed E-state index contributed by atoms with van der Waals surface area (Å²) in [6.45, 7) is 3.69. The van der Waals surface area contributed by atoms with Gasteiger partial charge in [0.25, 0.3) is 0 Å². The second kappa shape index (κ2) is 9.11. The fraction of sp³-hybridized carbons (Fsp3) is 0.211. The van der Waals surface area contributed by atoms with Crippen LogP contribution >= 0.6 is 51.5 Å². The highest BCUT2D eigenvalue weighted by molar-refractivity contribution is 9.10. The number of phenols is 1. The number of rotatable bonds is 4. The van der Waals surface area contributed by atoms with Crippen molar-refractivity contribution < 1.29 is 15.1 Å². The number of carbonyl (C=O) groups excluding carboxylic acids is 1. The summed E-state index contributed by atoms with van der Waals surface area (Å²) in [6, 6.07) is 10.7. The number of urea groups is 1. The Kier molecular flexibility index (Phi) is 6.93. The number of phenolic OH excluding ortho intramolecular Hbond substituents is 1. The first kappa shape index (κ1) is 22.8. The van der Waals surface area contributed by atoms with Crippen molar-refractivity contribution in [1.82, 2.24) is 10.1 Å². The SMILES string of the molecule is CC1(C)SC(=S)N(/N=C/c2cc(Br)ccc2O)C1N(O)C(=O)Nc1ccc(Cl)cc1. The summed E-state index contributed by atoms with van der Waals surface area (Å²) in [7, 11) is 0. The summed E-state index contributed by atoms with van der Waals surface area (Å²) in [5.74, 6) is 0.0388. The van der Waals surface area contributed by atoms with Crippen molar-refractivity contribution in [2.45, 2.75) is 24.8 Å². The molecule has 1 aliphatic rings. The predicted octanol–water partition coefficient (Wildman–Crippen LogP) is 5.50. The van der Waals surface area contributed by atoms with Crippen LogP contribution in [0, 0.1) is 0 Å². The van der Waals surface area contributed by atoms with E-state index < -0.39 is 16.9 Å². The van der Waals surface area contributed by atoms with E-state index in [0.717, 1.165) is 4.47 Å². The van der Waals surface area contributed by atoms with Gasteiger partial charge in [0.1, 0.15) is 5.75 Å². The fourth-order valence-electron chi connectivity index (χ4n) is 2.81. The van der Waals surface area contributed by atoms with E-state index in [4.69, 9.17) is 23.8 Å². The van der Waals surface area contributed by atoms with Crippen LogP contribution in [0.15, 0.2) is 52.0 Å². The molecule has 0 aromatic heterocycles. The Morgan fingerprint density at radius 2 is 2.03 bits per heavy atom. The van der Waals surface area contributed by atoms with E-state index >= 15 is 0 Å². The minimum Gasteiger partial charge on any atom is -0.507 e. The number of halogens is 2. The van der Waals surface area contributed by atoms with Crippen LogP contribution in [0.5, 0.6) is 5.75 Å². The van der Waals surface area contributed by atoms with Crippen LogP contribution in [0.25, 0.3) is 0 Å². The Bertz CT molecular complexity index is 1000. The molecular formula is C19H18BrClN4O3S2. The van der Waals surface area contributed by atoms with Gasteiger partial charge in [-0.05, 0) is 56.3 Å². The van der Waals surface area contributed by atoms with E-state index in [1.165, 1.54) is 29.1 Å². The second-order valence-corrected chi connectivity index (χ2v) is 10.6. The number of amides is 2. The zero-order valence-corrected chi connectivity index (χ0v) is 19.9. The van der Waals surface area contributed by atoms with E-state index in [1.54, 1.807) is 36.4 Å². The van der Waals surface area contributed by atoms with Crippen LogP contribution in [-0.4, -0.2) is 47.9 Å². The van der Waals surface area contributed by atoms with Crippen LogP contribution in [0.1, 0.15) is 19.4 Å². The lowest BCUT2D eigenvalue weighted by molar-refractivity contribution is -0.114. The molecule has 3 rings (SSSR count). The van der Waals surface area contributed by atoms with Crippen molar-refractivity contribution >= 4 is 73.8 Å². The number of hydrogen-bond donors (Lipinski definition) is 3. The van der Waals surface area contributed by atoms with Crippen molar-refractivity contribution in [3.05, 3.63) is 57.5 Å². The molecule has 7 nitrogen and oxygen atoms in total. The molecule has 0 bridgehead atoms. The van der Waals surface area contributed by atoms with Crippen molar-refractivity contribution in [3.8, 4) is 5.75 Å². The second-order valence-electron chi connectivity index (χ2n) is 6.92. The number of aromatic hydroxyl groups is 1.